The first-order chi connectivity index (χ1) is 10.1. The smallest absolute Gasteiger partial charge is 0.257 e. The second-order valence-corrected chi connectivity index (χ2v) is 5.72. The molecule has 2 amide bonds. The highest BCUT2D eigenvalue weighted by atomic mass is 32.2. The quantitative estimate of drug-likeness (QED) is 0.790. The number of hydrogen-bond donors (Lipinski definition) is 2. The lowest BCUT2D eigenvalue weighted by molar-refractivity contribution is -0.124. The van der Waals surface area contributed by atoms with Crippen LogP contribution in [-0.4, -0.2) is 53.1 Å². The van der Waals surface area contributed by atoms with Crippen LogP contribution in [0.3, 0.4) is 0 Å². The van der Waals surface area contributed by atoms with Crippen LogP contribution in [0.25, 0.3) is 0 Å². The molecule has 0 saturated carbocycles. The first-order valence-corrected chi connectivity index (χ1v) is 8.14. The Morgan fingerprint density at radius 2 is 2.33 bits per heavy atom. The number of thioether (sulfide) groups is 1. The number of pyridine rings is 1. The molecule has 2 rings (SSSR count). The Kier molecular flexibility index (Phi) is 5.19. The summed E-state index contributed by atoms with van der Waals surface area (Å²) in [5.41, 5.74) is 6.46. The van der Waals surface area contributed by atoms with Crippen LogP contribution < -0.4 is 11.1 Å². The molecule has 1 aliphatic heterocycles. The van der Waals surface area contributed by atoms with Gasteiger partial charge in [0.1, 0.15) is 11.1 Å². The van der Waals surface area contributed by atoms with Gasteiger partial charge >= 0.3 is 0 Å². The Labute approximate surface area is 128 Å². The minimum absolute atomic E-state index is 0.145. The summed E-state index contributed by atoms with van der Waals surface area (Å²) in [6, 6.07) is 2.79. The summed E-state index contributed by atoms with van der Waals surface area (Å²) in [5.74, 6) is -0.329. The van der Waals surface area contributed by atoms with Gasteiger partial charge in [-0.2, -0.15) is 0 Å². The van der Waals surface area contributed by atoms with E-state index in [2.05, 4.69) is 10.3 Å². The SMILES string of the molecule is CCNC(=O)[C@@H]1C[C@@H](N)CN1C(=O)c1cccnc1SC. The Balaban J connectivity index is 2.25. The van der Waals surface area contributed by atoms with E-state index in [1.165, 1.54) is 11.8 Å². The van der Waals surface area contributed by atoms with E-state index in [9.17, 15) is 9.59 Å². The average Bonchev–Trinajstić information content (AvgIpc) is 2.88. The van der Waals surface area contributed by atoms with Gasteiger partial charge in [0.05, 0.1) is 5.56 Å². The number of nitrogens with zero attached hydrogens (tertiary/aromatic N) is 2. The Hall–Kier alpha value is -1.60. The summed E-state index contributed by atoms with van der Waals surface area (Å²) < 4.78 is 0. The second kappa shape index (κ2) is 6.91. The Morgan fingerprint density at radius 1 is 1.57 bits per heavy atom. The van der Waals surface area contributed by atoms with E-state index in [1.807, 2.05) is 13.2 Å². The van der Waals surface area contributed by atoms with Gasteiger partial charge in [0.25, 0.3) is 5.91 Å². The van der Waals surface area contributed by atoms with Gasteiger partial charge in [-0.15, -0.1) is 11.8 Å². The largest absolute Gasteiger partial charge is 0.355 e. The minimum atomic E-state index is -0.498. The monoisotopic (exact) mass is 308 g/mol. The van der Waals surface area contributed by atoms with Crippen molar-refractivity contribution >= 4 is 23.6 Å². The fraction of sp³-hybridized carbons (Fsp3) is 0.500. The van der Waals surface area contributed by atoms with Gasteiger partial charge in [0, 0.05) is 25.3 Å². The maximum Gasteiger partial charge on any atom is 0.257 e. The molecule has 0 aliphatic carbocycles. The summed E-state index contributed by atoms with van der Waals surface area (Å²) in [7, 11) is 0. The summed E-state index contributed by atoms with van der Waals surface area (Å²) in [6.45, 7) is 2.78. The predicted molar refractivity (Wildman–Crippen MR) is 82.1 cm³/mol. The average molecular weight is 308 g/mol. The van der Waals surface area contributed by atoms with Crippen LogP contribution >= 0.6 is 11.8 Å². The third kappa shape index (κ3) is 3.36. The molecule has 2 heterocycles. The summed E-state index contributed by atoms with van der Waals surface area (Å²) in [5, 5.41) is 3.43. The van der Waals surface area contributed by atoms with E-state index >= 15 is 0 Å². The summed E-state index contributed by atoms with van der Waals surface area (Å²) >= 11 is 1.41. The van der Waals surface area contributed by atoms with Crippen LogP contribution in [0.5, 0.6) is 0 Å². The lowest BCUT2D eigenvalue weighted by Crippen LogP contribution is -2.46. The highest BCUT2D eigenvalue weighted by molar-refractivity contribution is 7.98. The van der Waals surface area contributed by atoms with Crippen LogP contribution in [0.1, 0.15) is 23.7 Å². The standard InChI is InChI=1S/C14H20N4O2S/c1-3-16-12(19)11-7-9(15)8-18(11)14(20)10-5-4-6-17-13(10)21-2/h4-6,9,11H,3,7-8,15H2,1-2H3,(H,16,19)/t9-,11+/m1/s1. The molecule has 0 aromatic carbocycles. The molecule has 0 spiro atoms. The third-order valence-corrected chi connectivity index (χ3v) is 4.15. The van der Waals surface area contributed by atoms with Gasteiger partial charge in [-0.05, 0) is 31.7 Å². The van der Waals surface area contributed by atoms with Gasteiger partial charge in [-0.1, -0.05) is 0 Å². The highest BCUT2D eigenvalue weighted by Gasteiger charge is 2.38. The van der Waals surface area contributed by atoms with E-state index in [1.54, 1.807) is 23.2 Å². The number of rotatable bonds is 4. The lowest BCUT2D eigenvalue weighted by atomic mass is 10.1. The van der Waals surface area contributed by atoms with E-state index in [0.717, 1.165) is 0 Å². The highest BCUT2D eigenvalue weighted by Crippen LogP contribution is 2.24. The predicted octanol–water partition coefficient (Wildman–Crippen LogP) is 0.481. The van der Waals surface area contributed by atoms with E-state index in [4.69, 9.17) is 5.73 Å². The number of hydrogen-bond acceptors (Lipinski definition) is 5. The normalized spacial score (nSPS) is 21.4. The molecule has 1 saturated heterocycles. The molecule has 0 bridgehead atoms. The second-order valence-electron chi connectivity index (χ2n) is 4.92. The van der Waals surface area contributed by atoms with Crippen molar-refractivity contribution in [1.82, 2.24) is 15.2 Å². The van der Waals surface area contributed by atoms with Gasteiger partial charge < -0.3 is 16.0 Å². The number of carbonyl (C=O) groups excluding carboxylic acids is 2. The van der Waals surface area contributed by atoms with Crippen molar-refractivity contribution in [2.75, 3.05) is 19.3 Å². The molecular formula is C14H20N4O2S. The van der Waals surface area contributed by atoms with E-state index in [0.29, 0.717) is 30.1 Å². The molecule has 1 aromatic rings. The molecule has 6 nitrogen and oxygen atoms in total. The van der Waals surface area contributed by atoms with Gasteiger partial charge in [0.2, 0.25) is 5.91 Å². The zero-order valence-corrected chi connectivity index (χ0v) is 13.0. The van der Waals surface area contributed by atoms with Crippen molar-refractivity contribution in [1.29, 1.82) is 0 Å². The molecular weight excluding hydrogens is 288 g/mol. The number of carbonyl (C=O) groups is 2. The zero-order chi connectivity index (χ0) is 15.4. The fourth-order valence-corrected chi connectivity index (χ4v) is 3.05. The first-order valence-electron chi connectivity index (χ1n) is 6.91. The Bertz CT molecular complexity index is 537. The van der Waals surface area contributed by atoms with Crippen LogP contribution in [0.2, 0.25) is 0 Å². The van der Waals surface area contributed by atoms with Crippen molar-refractivity contribution < 1.29 is 9.59 Å². The number of aromatic nitrogens is 1. The van der Waals surface area contributed by atoms with Crippen LogP contribution in [-0.2, 0) is 4.79 Å². The Morgan fingerprint density at radius 3 is 3.00 bits per heavy atom. The van der Waals surface area contributed by atoms with Crippen molar-refractivity contribution in [3.63, 3.8) is 0 Å². The van der Waals surface area contributed by atoms with Gasteiger partial charge in [-0.25, -0.2) is 4.98 Å². The summed E-state index contributed by atoms with van der Waals surface area (Å²) in [4.78, 5) is 30.6. The number of nitrogens with one attached hydrogen (secondary N) is 1. The molecule has 21 heavy (non-hydrogen) atoms. The molecule has 2 atom stereocenters. The summed E-state index contributed by atoms with van der Waals surface area (Å²) in [6.07, 6.45) is 4.02. The van der Waals surface area contributed by atoms with Gasteiger partial charge in [0.15, 0.2) is 0 Å². The van der Waals surface area contributed by atoms with E-state index < -0.39 is 6.04 Å². The van der Waals surface area contributed by atoms with Crippen LogP contribution in [0.4, 0.5) is 0 Å². The molecule has 1 fully saturated rings. The molecule has 114 valence electrons. The maximum absolute atomic E-state index is 12.7. The minimum Gasteiger partial charge on any atom is -0.355 e. The molecule has 1 aliphatic rings. The van der Waals surface area contributed by atoms with Crippen LogP contribution in [0.15, 0.2) is 23.4 Å². The maximum atomic E-state index is 12.7. The number of amides is 2. The van der Waals surface area contributed by atoms with Crippen LogP contribution in [0, 0.1) is 0 Å². The molecule has 0 radical (unpaired) electrons. The molecule has 0 unspecified atom stereocenters. The fourth-order valence-electron chi connectivity index (χ4n) is 2.50. The number of likely N-dealkylation sites (tertiary alicyclic amines) is 1. The molecule has 1 aromatic heterocycles. The third-order valence-electron chi connectivity index (χ3n) is 3.44. The number of nitrogens with two attached hydrogens (primary N) is 1. The lowest BCUT2D eigenvalue weighted by Gasteiger charge is -2.24. The van der Waals surface area contributed by atoms with Crippen molar-refractivity contribution in [2.45, 2.75) is 30.5 Å². The zero-order valence-electron chi connectivity index (χ0n) is 12.2. The van der Waals surface area contributed by atoms with Gasteiger partial charge in [-0.3, -0.25) is 9.59 Å². The topological polar surface area (TPSA) is 88.3 Å². The molecule has 7 heteroatoms. The van der Waals surface area contributed by atoms with Crippen molar-refractivity contribution in [3.8, 4) is 0 Å². The molecule has 3 N–H and O–H groups in total. The first kappa shape index (κ1) is 15.8. The number of likely N-dealkylation sites (N-methyl/N-ethyl adjacent to an activating group) is 1. The van der Waals surface area contributed by atoms with Crippen molar-refractivity contribution in [3.05, 3.63) is 23.9 Å². The van der Waals surface area contributed by atoms with Crippen molar-refractivity contribution in [2.24, 2.45) is 5.73 Å². The van der Waals surface area contributed by atoms with E-state index in [-0.39, 0.29) is 17.9 Å².